The van der Waals surface area contributed by atoms with Crippen molar-refractivity contribution in [1.82, 2.24) is 10.2 Å². The molecule has 3 aliphatic rings. The van der Waals surface area contributed by atoms with E-state index in [2.05, 4.69) is 10.2 Å². The molecular formula is C23H26N2O4. The zero-order chi connectivity index (χ0) is 19.6. The average Bonchev–Trinajstić information content (AvgIpc) is 3.10. The Balaban J connectivity index is 1.18. The Kier molecular flexibility index (Phi) is 5.02. The van der Waals surface area contributed by atoms with Crippen molar-refractivity contribution in [2.75, 3.05) is 32.8 Å². The summed E-state index contributed by atoms with van der Waals surface area (Å²) in [5.74, 6) is 2.75. The molecule has 2 bridgehead atoms. The van der Waals surface area contributed by atoms with Gasteiger partial charge >= 0.3 is 0 Å². The van der Waals surface area contributed by atoms with Crippen LogP contribution in [-0.2, 0) is 0 Å². The fourth-order valence-electron chi connectivity index (χ4n) is 4.48. The van der Waals surface area contributed by atoms with Crippen LogP contribution in [0.25, 0.3) is 0 Å². The van der Waals surface area contributed by atoms with E-state index in [-0.39, 0.29) is 18.1 Å². The first-order valence-electron chi connectivity index (χ1n) is 10.4. The summed E-state index contributed by atoms with van der Waals surface area (Å²) >= 11 is 0. The van der Waals surface area contributed by atoms with E-state index in [1.54, 1.807) is 12.1 Å². The number of carbonyl (C=O) groups is 1. The van der Waals surface area contributed by atoms with Gasteiger partial charge in [0.2, 0.25) is 0 Å². The molecule has 1 unspecified atom stereocenters. The van der Waals surface area contributed by atoms with Gasteiger partial charge in [0.05, 0.1) is 0 Å². The van der Waals surface area contributed by atoms with Crippen molar-refractivity contribution < 1.29 is 19.0 Å². The van der Waals surface area contributed by atoms with Crippen molar-refractivity contribution in [2.45, 2.75) is 25.0 Å². The zero-order valence-electron chi connectivity index (χ0n) is 16.4. The van der Waals surface area contributed by atoms with Crippen LogP contribution in [0, 0.1) is 5.92 Å². The summed E-state index contributed by atoms with van der Waals surface area (Å²) in [6.45, 7) is 4.10. The lowest BCUT2D eigenvalue weighted by Crippen LogP contribution is -2.47. The molecule has 4 atom stereocenters. The summed E-state index contributed by atoms with van der Waals surface area (Å²) in [6, 6.07) is 15.3. The fourth-order valence-corrected chi connectivity index (χ4v) is 4.48. The molecule has 0 radical (unpaired) electrons. The number of nitrogens with one attached hydrogen (secondary N) is 1. The molecule has 29 heavy (non-hydrogen) atoms. The first kappa shape index (κ1) is 18.3. The minimum absolute atomic E-state index is 0.0431. The maximum Gasteiger partial charge on any atom is 0.251 e. The molecule has 1 amide bonds. The maximum absolute atomic E-state index is 12.7. The van der Waals surface area contributed by atoms with Gasteiger partial charge in [0.1, 0.15) is 19.0 Å². The molecule has 6 heteroatoms. The highest BCUT2D eigenvalue weighted by molar-refractivity contribution is 5.95. The molecule has 2 fully saturated rings. The predicted octanol–water partition coefficient (Wildman–Crippen LogP) is 2.73. The SMILES string of the molecule is O=C(N[C@@H]1C[C@@H]2CCN(C2)C1)c1ccc2c(c1)OC[C@@H](COc1ccccc1)O2. The number of para-hydroxylation sites is 1. The highest BCUT2D eigenvalue weighted by atomic mass is 16.6. The van der Waals surface area contributed by atoms with Gasteiger partial charge in [0.15, 0.2) is 17.6 Å². The molecule has 0 aromatic heterocycles. The molecule has 2 aromatic rings. The molecule has 6 nitrogen and oxygen atoms in total. The number of carbonyl (C=O) groups excluding carboxylic acids is 1. The van der Waals surface area contributed by atoms with Gasteiger partial charge in [-0.25, -0.2) is 0 Å². The molecule has 0 aliphatic carbocycles. The second-order valence-electron chi connectivity index (χ2n) is 8.16. The number of amides is 1. The second kappa shape index (κ2) is 7.95. The van der Waals surface area contributed by atoms with Gasteiger partial charge in [0, 0.05) is 24.7 Å². The van der Waals surface area contributed by atoms with E-state index < -0.39 is 0 Å². The van der Waals surface area contributed by atoms with Crippen LogP contribution in [0.5, 0.6) is 17.2 Å². The molecule has 5 rings (SSSR count). The molecule has 2 aromatic carbocycles. The van der Waals surface area contributed by atoms with Crippen molar-refractivity contribution in [2.24, 2.45) is 5.92 Å². The third-order valence-corrected chi connectivity index (χ3v) is 5.90. The molecule has 152 valence electrons. The van der Waals surface area contributed by atoms with E-state index in [1.165, 1.54) is 13.0 Å². The summed E-state index contributed by atoms with van der Waals surface area (Å²) in [4.78, 5) is 15.2. The van der Waals surface area contributed by atoms with Crippen LogP contribution >= 0.6 is 0 Å². The van der Waals surface area contributed by atoms with Crippen LogP contribution in [0.2, 0.25) is 0 Å². The van der Waals surface area contributed by atoms with Crippen molar-refractivity contribution >= 4 is 5.91 Å². The summed E-state index contributed by atoms with van der Waals surface area (Å²) in [5, 5.41) is 3.19. The van der Waals surface area contributed by atoms with Crippen LogP contribution in [0.1, 0.15) is 23.2 Å². The summed E-state index contributed by atoms with van der Waals surface area (Å²) in [6.07, 6.45) is 2.15. The van der Waals surface area contributed by atoms with Crippen LogP contribution in [-0.4, -0.2) is 55.8 Å². The number of rotatable bonds is 5. The number of hydrogen-bond acceptors (Lipinski definition) is 5. The van der Waals surface area contributed by atoms with E-state index in [1.807, 2.05) is 36.4 Å². The van der Waals surface area contributed by atoms with E-state index in [0.717, 1.165) is 31.2 Å². The van der Waals surface area contributed by atoms with Crippen molar-refractivity contribution in [1.29, 1.82) is 0 Å². The maximum atomic E-state index is 12.7. The van der Waals surface area contributed by atoms with Gasteiger partial charge in [-0.15, -0.1) is 0 Å². The van der Waals surface area contributed by atoms with Crippen LogP contribution in [0.4, 0.5) is 0 Å². The number of ether oxygens (including phenoxy) is 3. The van der Waals surface area contributed by atoms with Gasteiger partial charge in [-0.3, -0.25) is 4.79 Å². The molecular weight excluding hydrogens is 368 g/mol. The van der Waals surface area contributed by atoms with E-state index in [0.29, 0.717) is 30.3 Å². The Hall–Kier alpha value is -2.73. The minimum atomic E-state index is -0.186. The lowest BCUT2D eigenvalue weighted by atomic mass is 9.96. The first-order valence-corrected chi connectivity index (χ1v) is 10.4. The topological polar surface area (TPSA) is 60.0 Å². The number of piperidine rings is 1. The van der Waals surface area contributed by atoms with E-state index in [4.69, 9.17) is 14.2 Å². The van der Waals surface area contributed by atoms with Gasteiger partial charge in [-0.05, 0) is 55.6 Å². The third-order valence-electron chi connectivity index (χ3n) is 5.90. The average molecular weight is 394 g/mol. The molecule has 1 N–H and O–H groups in total. The normalized spacial score (nSPS) is 27.3. The summed E-state index contributed by atoms with van der Waals surface area (Å²) < 4.78 is 17.6. The lowest BCUT2D eigenvalue weighted by Gasteiger charge is -2.30. The van der Waals surface area contributed by atoms with Crippen LogP contribution in [0.3, 0.4) is 0 Å². The van der Waals surface area contributed by atoms with Crippen molar-refractivity contribution in [3.8, 4) is 17.2 Å². The highest BCUT2D eigenvalue weighted by Crippen LogP contribution is 2.33. The quantitative estimate of drug-likeness (QED) is 0.845. The standard InChI is InChI=1S/C23H26N2O4/c26-23(24-18-10-16-8-9-25(12-16)13-18)17-6-7-21-22(11-17)28-15-20(29-21)14-27-19-4-2-1-3-5-19/h1-7,11,16,18,20H,8-10,12-15H2,(H,24,26)/t16-,18+,20+/m0/s1. The number of fused-ring (bicyclic) bond motifs is 3. The molecule has 0 saturated carbocycles. The van der Waals surface area contributed by atoms with E-state index >= 15 is 0 Å². The Morgan fingerprint density at radius 2 is 2.03 bits per heavy atom. The van der Waals surface area contributed by atoms with Crippen molar-refractivity contribution in [3.63, 3.8) is 0 Å². The van der Waals surface area contributed by atoms with Gasteiger partial charge in [-0.2, -0.15) is 0 Å². The monoisotopic (exact) mass is 394 g/mol. The number of hydrogen-bond donors (Lipinski definition) is 1. The van der Waals surface area contributed by atoms with E-state index in [9.17, 15) is 4.79 Å². The van der Waals surface area contributed by atoms with Crippen molar-refractivity contribution in [3.05, 3.63) is 54.1 Å². The zero-order valence-corrected chi connectivity index (χ0v) is 16.4. The lowest BCUT2D eigenvalue weighted by molar-refractivity contribution is 0.0534. The molecule has 2 saturated heterocycles. The smallest absolute Gasteiger partial charge is 0.251 e. The largest absolute Gasteiger partial charge is 0.490 e. The Morgan fingerprint density at radius 3 is 2.90 bits per heavy atom. The molecule has 3 aliphatic heterocycles. The van der Waals surface area contributed by atoms with Gasteiger partial charge in [-0.1, -0.05) is 18.2 Å². The highest BCUT2D eigenvalue weighted by Gasteiger charge is 2.33. The first-order chi connectivity index (χ1) is 14.2. The van der Waals surface area contributed by atoms with Gasteiger partial charge < -0.3 is 24.4 Å². The summed E-state index contributed by atoms with van der Waals surface area (Å²) in [7, 11) is 0. The molecule has 3 heterocycles. The number of benzene rings is 2. The second-order valence-corrected chi connectivity index (χ2v) is 8.16. The van der Waals surface area contributed by atoms with Crippen LogP contribution < -0.4 is 19.5 Å². The Labute approximate surface area is 170 Å². The van der Waals surface area contributed by atoms with Crippen LogP contribution in [0.15, 0.2) is 48.5 Å². The molecule has 0 spiro atoms. The summed E-state index contributed by atoms with van der Waals surface area (Å²) in [5.41, 5.74) is 0.610. The Bertz CT molecular complexity index is 860. The van der Waals surface area contributed by atoms with Gasteiger partial charge in [0.25, 0.3) is 5.91 Å². The number of nitrogens with zero attached hydrogens (tertiary/aromatic N) is 1. The predicted molar refractivity (Wildman–Crippen MR) is 109 cm³/mol. The Morgan fingerprint density at radius 1 is 1.14 bits per heavy atom. The third kappa shape index (κ3) is 4.17. The fraction of sp³-hybridized carbons (Fsp3) is 0.435. The minimum Gasteiger partial charge on any atom is -0.490 e.